The number of ether oxygens (including phenoxy) is 1. The first-order chi connectivity index (χ1) is 7.29. The molecule has 3 nitrogen and oxygen atoms in total. The molecule has 1 atom stereocenters. The topological polar surface area (TPSA) is 29.5 Å². The Morgan fingerprint density at radius 3 is 2.87 bits per heavy atom. The van der Waals surface area contributed by atoms with Crippen LogP contribution in [0.3, 0.4) is 0 Å². The molecule has 0 bridgehead atoms. The second kappa shape index (κ2) is 4.88. The SMILES string of the molecule is CC(C(=O)c1cccs1)N1CCOCC1. The lowest BCUT2D eigenvalue weighted by molar-refractivity contribution is 0.0210. The van der Waals surface area contributed by atoms with Crippen molar-refractivity contribution in [1.82, 2.24) is 4.90 Å². The maximum absolute atomic E-state index is 12.0. The highest BCUT2D eigenvalue weighted by molar-refractivity contribution is 7.12. The van der Waals surface area contributed by atoms with Gasteiger partial charge in [0.05, 0.1) is 24.1 Å². The van der Waals surface area contributed by atoms with Gasteiger partial charge in [0.2, 0.25) is 0 Å². The molecule has 15 heavy (non-hydrogen) atoms. The van der Waals surface area contributed by atoms with Crippen LogP contribution in [0.15, 0.2) is 17.5 Å². The summed E-state index contributed by atoms with van der Waals surface area (Å²) in [5.41, 5.74) is 0. The zero-order chi connectivity index (χ0) is 10.7. The summed E-state index contributed by atoms with van der Waals surface area (Å²) >= 11 is 1.52. The lowest BCUT2D eigenvalue weighted by Crippen LogP contribution is -2.45. The van der Waals surface area contributed by atoms with Crippen molar-refractivity contribution in [1.29, 1.82) is 0 Å². The van der Waals surface area contributed by atoms with Crippen molar-refractivity contribution in [2.45, 2.75) is 13.0 Å². The molecule has 0 saturated carbocycles. The van der Waals surface area contributed by atoms with Crippen LogP contribution in [0.1, 0.15) is 16.6 Å². The van der Waals surface area contributed by atoms with Crippen molar-refractivity contribution in [2.75, 3.05) is 26.3 Å². The Hall–Kier alpha value is -0.710. The molecular formula is C11H15NO2S. The van der Waals surface area contributed by atoms with E-state index in [4.69, 9.17) is 4.74 Å². The maximum atomic E-state index is 12.0. The quantitative estimate of drug-likeness (QED) is 0.733. The molecule has 0 spiro atoms. The van der Waals surface area contributed by atoms with Gasteiger partial charge >= 0.3 is 0 Å². The van der Waals surface area contributed by atoms with Gasteiger partial charge in [-0.25, -0.2) is 0 Å². The standard InChI is InChI=1S/C11H15NO2S/c1-9(12-4-6-14-7-5-12)11(13)10-3-2-8-15-10/h2-3,8-9H,4-7H2,1H3. The number of carbonyl (C=O) groups excluding carboxylic acids is 1. The number of morpholine rings is 1. The number of hydrogen-bond acceptors (Lipinski definition) is 4. The van der Waals surface area contributed by atoms with E-state index in [2.05, 4.69) is 4.90 Å². The normalized spacial score (nSPS) is 20.1. The highest BCUT2D eigenvalue weighted by Gasteiger charge is 2.24. The molecule has 4 heteroatoms. The van der Waals surface area contributed by atoms with Crippen molar-refractivity contribution in [3.63, 3.8) is 0 Å². The van der Waals surface area contributed by atoms with Crippen LogP contribution in [0.5, 0.6) is 0 Å². The molecule has 0 radical (unpaired) electrons. The van der Waals surface area contributed by atoms with Crippen molar-refractivity contribution in [2.24, 2.45) is 0 Å². The van der Waals surface area contributed by atoms with Gasteiger partial charge in [0.1, 0.15) is 0 Å². The molecule has 0 aromatic carbocycles. The van der Waals surface area contributed by atoms with Crippen LogP contribution in [0.25, 0.3) is 0 Å². The predicted molar refractivity (Wildman–Crippen MR) is 60.5 cm³/mol. The Morgan fingerprint density at radius 2 is 2.27 bits per heavy atom. The van der Waals surface area contributed by atoms with E-state index in [0.29, 0.717) is 0 Å². The molecule has 0 aliphatic carbocycles. The lowest BCUT2D eigenvalue weighted by atomic mass is 10.1. The van der Waals surface area contributed by atoms with Crippen molar-refractivity contribution < 1.29 is 9.53 Å². The highest BCUT2D eigenvalue weighted by atomic mass is 32.1. The number of hydrogen-bond donors (Lipinski definition) is 0. The van der Waals surface area contributed by atoms with Crippen LogP contribution in [0.4, 0.5) is 0 Å². The van der Waals surface area contributed by atoms with Crippen molar-refractivity contribution in [3.8, 4) is 0 Å². The van der Waals surface area contributed by atoms with Gasteiger partial charge in [0.15, 0.2) is 5.78 Å². The van der Waals surface area contributed by atoms with Crippen LogP contribution >= 0.6 is 11.3 Å². The van der Waals surface area contributed by atoms with E-state index >= 15 is 0 Å². The van der Waals surface area contributed by atoms with Crippen molar-refractivity contribution >= 4 is 17.1 Å². The van der Waals surface area contributed by atoms with Gasteiger partial charge in [-0.05, 0) is 18.4 Å². The van der Waals surface area contributed by atoms with Gasteiger partial charge in [-0.2, -0.15) is 0 Å². The number of ketones is 1. The zero-order valence-electron chi connectivity index (χ0n) is 8.81. The first-order valence-electron chi connectivity index (χ1n) is 5.18. The Morgan fingerprint density at radius 1 is 1.53 bits per heavy atom. The number of carbonyl (C=O) groups is 1. The summed E-state index contributed by atoms with van der Waals surface area (Å²) in [6, 6.07) is 3.79. The second-order valence-corrected chi connectivity index (χ2v) is 4.61. The average Bonchev–Trinajstić information content (AvgIpc) is 2.82. The number of rotatable bonds is 3. The summed E-state index contributed by atoms with van der Waals surface area (Å²) in [5.74, 6) is 0.229. The minimum absolute atomic E-state index is 0.0208. The summed E-state index contributed by atoms with van der Waals surface area (Å²) in [5, 5.41) is 1.94. The third-order valence-corrected chi connectivity index (χ3v) is 3.62. The summed E-state index contributed by atoms with van der Waals surface area (Å²) in [4.78, 5) is 15.1. The number of Topliss-reactive ketones (excluding diaryl/α,β-unsaturated/α-hetero) is 1. The van der Waals surface area contributed by atoms with Gasteiger partial charge in [-0.3, -0.25) is 9.69 Å². The van der Waals surface area contributed by atoms with E-state index in [-0.39, 0.29) is 11.8 Å². The molecule has 1 aromatic rings. The molecule has 1 saturated heterocycles. The Balaban J connectivity index is 2.00. The molecule has 1 aliphatic rings. The van der Waals surface area contributed by atoms with Crippen LogP contribution in [-0.4, -0.2) is 43.0 Å². The summed E-state index contributed by atoms with van der Waals surface area (Å²) in [6.45, 7) is 5.17. The van der Waals surface area contributed by atoms with E-state index in [0.717, 1.165) is 31.2 Å². The summed E-state index contributed by atoms with van der Waals surface area (Å²) in [7, 11) is 0. The molecule has 1 unspecified atom stereocenters. The third-order valence-electron chi connectivity index (χ3n) is 2.74. The monoisotopic (exact) mass is 225 g/mol. The smallest absolute Gasteiger partial charge is 0.189 e. The van der Waals surface area contributed by atoms with Crippen LogP contribution < -0.4 is 0 Å². The highest BCUT2D eigenvalue weighted by Crippen LogP contribution is 2.15. The number of nitrogens with zero attached hydrogens (tertiary/aromatic N) is 1. The Kier molecular flexibility index (Phi) is 3.51. The fourth-order valence-corrected chi connectivity index (χ4v) is 2.50. The molecule has 1 aliphatic heterocycles. The summed E-state index contributed by atoms with van der Waals surface area (Å²) < 4.78 is 5.27. The van der Waals surface area contributed by atoms with E-state index in [1.807, 2.05) is 24.4 Å². The summed E-state index contributed by atoms with van der Waals surface area (Å²) in [6.07, 6.45) is 0. The van der Waals surface area contributed by atoms with Gasteiger partial charge in [0, 0.05) is 13.1 Å². The molecule has 1 aromatic heterocycles. The van der Waals surface area contributed by atoms with E-state index in [9.17, 15) is 4.79 Å². The first kappa shape index (κ1) is 10.8. The Labute approximate surface area is 93.7 Å². The van der Waals surface area contributed by atoms with Crippen molar-refractivity contribution in [3.05, 3.63) is 22.4 Å². The number of thiophene rings is 1. The minimum Gasteiger partial charge on any atom is -0.379 e. The minimum atomic E-state index is -0.0208. The van der Waals surface area contributed by atoms with E-state index in [1.54, 1.807) is 0 Å². The van der Waals surface area contributed by atoms with Gasteiger partial charge in [-0.15, -0.1) is 11.3 Å². The molecule has 1 fully saturated rings. The second-order valence-electron chi connectivity index (χ2n) is 3.67. The first-order valence-corrected chi connectivity index (χ1v) is 6.06. The van der Waals surface area contributed by atoms with Crippen LogP contribution in [-0.2, 0) is 4.74 Å². The zero-order valence-corrected chi connectivity index (χ0v) is 9.63. The fraction of sp³-hybridized carbons (Fsp3) is 0.545. The largest absolute Gasteiger partial charge is 0.379 e. The van der Waals surface area contributed by atoms with Gasteiger partial charge in [-0.1, -0.05) is 6.07 Å². The molecular weight excluding hydrogens is 210 g/mol. The van der Waals surface area contributed by atoms with Crippen LogP contribution in [0, 0.1) is 0 Å². The molecule has 2 rings (SSSR count). The predicted octanol–water partition coefficient (Wildman–Crippen LogP) is 1.65. The lowest BCUT2D eigenvalue weighted by Gasteiger charge is -2.31. The molecule has 0 N–H and O–H groups in total. The molecule has 82 valence electrons. The van der Waals surface area contributed by atoms with Gasteiger partial charge < -0.3 is 4.74 Å². The fourth-order valence-electron chi connectivity index (χ4n) is 1.76. The van der Waals surface area contributed by atoms with E-state index < -0.39 is 0 Å². The maximum Gasteiger partial charge on any atom is 0.189 e. The third kappa shape index (κ3) is 2.45. The van der Waals surface area contributed by atoms with E-state index in [1.165, 1.54) is 11.3 Å². The van der Waals surface area contributed by atoms with Crippen LogP contribution in [0.2, 0.25) is 0 Å². The average molecular weight is 225 g/mol. The Bertz CT molecular complexity index is 317. The molecule has 2 heterocycles. The van der Waals surface area contributed by atoms with Gasteiger partial charge in [0.25, 0.3) is 0 Å². The molecule has 0 amide bonds.